The average Bonchev–Trinajstić information content (AvgIpc) is 2.68. The second-order valence-corrected chi connectivity index (χ2v) is 6.42. The van der Waals surface area contributed by atoms with Crippen molar-refractivity contribution in [3.8, 4) is 5.75 Å². The van der Waals surface area contributed by atoms with E-state index >= 15 is 0 Å². The van der Waals surface area contributed by atoms with Crippen LogP contribution in [0.4, 0.5) is 10.5 Å². The van der Waals surface area contributed by atoms with Crippen LogP contribution in [-0.4, -0.2) is 40.1 Å². The van der Waals surface area contributed by atoms with Gasteiger partial charge in [0, 0.05) is 36.1 Å². The Bertz CT molecular complexity index is 820. The van der Waals surface area contributed by atoms with Gasteiger partial charge in [-0.15, -0.1) is 0 Å². The highest BCUT2D eigenvalue weighted by molar-refractivity contribution is 5.91. The molecule has 0 aliphatic carbocycles. The van der Waals surface area contributed by atoms with Crippen molar-refractivity contribution in [2.24, 2.45) is 0 Å². The van der Waals surface area contributed by atoms with Crippen LogP contribution in [0.2, 0.25) is 0 Å². The molecular formula is C20H23N3O4. The standard InChI is InChI=1S/C20H23N3O4/c1-2-3-12-27-15-6-4-14(5-7-15)22-20(26)23-11-9-18-17(13-23)16(19(24)25)8-10-21-18/h4-8,10H,2-3,9,11-13H2,1H3,(H,22,26)(H,24,25). The third-order valence-electron chi connectivity index (χ3n) is 4.50. The molecule has 7 heteroatoms. The van der Waals surface area contributed by atoms with Crippen LogP contribution in [0.25, 0.3) is 0 Å². The number of amides is 2. The molecule has 0 radical (unpaired) electrons. The van der Waals surface area contributed by atoms with Crippen LogP contribution in [0.15, 0.2) is 36.5 Å². The van der Waals surface area contributed by atoms with Crippen LogP contribution in [0.5, 0.6) is 5.75 Å². The first kappa shape index (κ1) is 18.7. The van der Waals surface area contributed by atoms with Gasteiger partial charge in [0.1, 0.15) is 5.75 Å². The summed E-state index contributed by atoms with van der Waals surface area (Å²) in [6, 6.07) is 8.44. The molecule has 1 aromatic carbocycles. The number of hydrogen-bond donors (Lipinski definition) is 2. The maximum atomic E-state index is 12.6. The van der Waals surface area contributed by atoms with Gasteiger partial charge in [0.15, 0.2) is 0 Å². The minimum atomic E-state index is -1.01. The number of rotatable bonds is 6. The molecule has 1 aromatic heterocycles. The Hall–Kier alpha value is -3.09. The second kappa shape index (κ2) is 8.53. The van der Waals surface area contributed by atoms with Gasteiger partial charge in [0.25, 0.3) is 0 Å². The van der Waals surface area contributed by atoms with Crippen LogP contribution in [-0.2, 0) is 13.0 Å². The Kier molecular flexibility index (Phi) is 5.90. The van der Waals surface area contributed by atoms with Crippen molar-refractivity contribution >= 4 is 17.7 Å². The molecule has 2 heterocycles. The molecule has 142 valence electrons. The van der Waals surface area contributed by atoms with E-state index < -0.39 is 5.97 Å². The van der Waals surface area contributed by atoms with E-state index in [4.69, 9.17) is 4.74 Å². The fraction of sp³-hybridized carbons (Fsp3) is 0.350. The summed E-state index contributed by atoms with van der Waals surface area (Å²) in [6.07, 6.45) is 4.12. The third kappa shape index (κ3) is 4.55. The summed E-state index contributed by atoms with van der Waals surface area (Å²) in [6.45, 7) is 3.51. The van der Waals surface area contributed by atoms with Crippen LogP contribution >= 0.6 is 0 Å². The fourth-order valence-corrected chi connectivity index (χ4v) is 2.98. The highest BCUT2D eigenvalue weighted by Crippen LogP contribution is 2.22. The summed E-state index contributed by atoms with van der Waals surface area (Å²) in [5.41, 5.74) is 2.21. The van der Waals surface area contributed by atoms with E-state index in [0.29, 0.717) is 30.8 Å². The Morgan fingerprint density at radius 1 is 1.26 bits per heavy atom. The molecule has 2 aromatic rings. The number of nitrogens with one attached hydrogen (secondary N) is 1. The third-order valence-corrected chi connectivity index (χ3v) is 4.50. The first-order valence-corrected chi connectivity index (χ1v) is 9.07. The lowest BCUT2D eigenvalue weighted by Crippen LogP contribution is -2.39. The normalized spacial score (nSPS) is 13.0. The molecule has 2 N–H and O–H groups in total. The fourth-order valence-electron chi connectivity index (χ4n) is 2.98. The lowest BCUT2D eigenvalue weighted by Gasteiger charge is -2.29. The molecule has 7 nitrogen and oxygen atoms in total. The largest absolute Gasteiger partial charge is 0.494 e. The van der Waals surface area contributed by atoms with Crippen molar-refractivity contribution < 1.29 is 19.4 Å². The number of aromatic carboxylic acids is 1. The van der Waals surface area contributed by atoms with Gasteiger partial charge in [0.2, 0.25) is 0 Å². The number of fused-ring (bicyclic) bond motifs is 1. The van der Waals surface area contributed by atoms with Gasteiger partial charge in [-0.05, 0) is 36.8 Å². The van der Waals surface area contributed by atoms with Gasteiger partial charge >= 0.3 is 12.0 Å². The molecule has 27 heavy (non-hydrogen) atoms. The molecule has 3 rings (SSSR count). The van der Waals surface area contributed by atoms with Crippen LogP contribution in [0, 0.1) is 0 Å². The SMILES string of the molecule is CCCCOc1ccc(NC(=O)N2CCc3nccc(C(=O)O)c3C2)cc1. The number of carbonyl (C=O) groups excluding carboxylic acids is 1. The Balaban J connectivity index is 1.63. The number of hydrogen-bond acceptors (Lipinski definition) is 4. The van der Waals surface area contributed by atoms with Gasteiger partial charge in [-0.1, -0.05) is 13.3 Å². The maximum absolute atomic E-state index is 12.6. The van der Waals surface area contributed by atoms with Crippen molar-refractivity contribution in [3.05, 3.63) is 53.3 Å². The molecule has 0 spiro atoms. The van der Waals surface area contributed by atoms with Crippen LogP contribution in [0.3, 0.4) is 0 Å². The average molecular weight is 369 g/mol. The number of aromatic nitrogens is 1. The van der Waals surface area contributed by atoms with Gasteiger partial charge in [-0.2, -0.15) is 0 Å². The summed E-state index contributed by atoms with van der Waals surface area (Å²) in [4.78, 5) is 29.8. The number of carbonyl (C=O) groups is 2. The van der Waals surface area contributed by atoms with Crippen molar-refractivity contribution in [1.82, 2.24) is 9.88 Å². The molecule has 0 unspecified atom stereocenters. The maximum Gasteiger partial charge on any atom is 0.336 e. The van der Waals surface area contributed by atoms with Crippen molar-refractivity contribution in [2.45, 2.75) is 32.7 Å². The molecule has 0 fully saturated rings. The minimum absolute atomic E-state index is 0.200. The summed E-state index contributed by atoms with van der Waals surface area (Å²) in [7, 11) is 0. The molecule has 2 amide bonds. The first-order valence-electron chi connectivity index (χ1n) is 9.07. The zero-order chi connectivity index (χ0) is 19.2. The summed E-state index contributed by atoms with van der Waals surface area (Å²) >= 11 is 0. The molecule has 0 saturated heterocycles. The highest BCUT2D eigenvalue weighted by atomic mass is 16.5. The van der Waals surface area contributed by atoms with Crippen LogP contribution in [0.1, 0.15) is 41.4 Å². The number of benzene rings is 1. The number of nitrogens with zero attached hydrogens (tertiary/aromatic N) is 2. The van der Waals surface area contributed by atoms with E-state index in [1.54, 1.807) is 17.0 Å². The zero-order valence-electron chi connectivity index (χ0n) is 15.3. The summed E-state index contributed by atoms with van der Waals surface area (Å²) in [5.74, 6) is -0.236. The molecule has 0 bridgehead atoms. The minimum Gasteiger partial charge on any atom is -0.494 e. The smallest absolute Gasteiger partial charge is 0.336 e. The lowest BCUT2D eigenvalue weighted by atomic mass is 10.0. The van der Waals surface area contributed by atoms with E-state index in [1.165, 1.54) is 12.3 Å². The van der Waals surface area contributed by atoms with E-state index in [1.807, 2.05) is 12.1 Å². The second-order valence-electron chi connectivity index (χ2n) is 6.42. The number of carboxylic acids is 1. The quantitative estimate of drug-likeness (QED) is 0.760. The molecule has 1 aliphatic rings. The molecular weight excluding hydrogens is 346 g/mol. The van der Waals surface area contributed by atoms with Crippen LogP contribution < -0.4 is 10.1 Å². The number of ether oxygens (including phenoxy) is 1. The van der Waals surface area contributed by atoms with E-state index in [2.05, 4.69) is 17.2 Å². The lowest BCUT2D eigenvalue weighted by molar-refractivity contribution is 0.0693. The van der Waals surface area contributed by atoms with E-state index in [-0.39, 0.29) is 18.1 Å². The Morgan fingerprint density at radius 2 is 2.04 bits per heavy atom. The number of pyridine rings is 1. The van der Waals surface area contributed by atoms with E-state index in [0.717, 1.165) is 24.3 Å². The van der Waals surface area contributed by atoms with Crippen molar-refractivity contribution in [1.29, 1.82) is 0 Å². The van der Waals surface area contributed by atoms with Crippen molar-refractivity contribution in [2.75, 3.05) is 18.5 Å². The predicted octanol–water partition coefficient (Wildman–Crippen LogP) is 3.55. The summed E-state index contributed by atoms with van der Waals surface area (Å²) < 4.78 is 5.61. The highest BCUT2D eigenvalue weighted by Gasteiger charge is 2.25. The van der Waals surface area contributed by atoms with Gasteiger partial charge in [0.05, 0.1) is 18.7 Å². The predicted molar refractivity (Wildman–Crippen MR) is 101 cm³/mol. The monoisotopic (exact) mass is 369 g/mol. The van der Waals surface area contributed by atoms with Gasteiger partial charge in [-0.3, -0.25) is 4.98 Å². The van der Waals surface area contributed by atoms with Gasteiger partial charge in [-0.25, -0.2) is 9.59 Å². The Morgan fingerprint density at radius 3 is 2.74 bits per heavy atom. The first-order chi connectivity index (χ1) is 13.1. The molecule has 1 aliphatic heterocycles. The number of anilines is 1. The topological polar surface area (TPSA) is 91.8 Å². The number of unbranched alkanes of at least 4 members (excludes halogenated alkanes) is 1. The summed E-state index contributed by atoms with van der Waals surface area (Å²) in [5, 5.41) is 12.2. The number of urea groups is 1. The van der Waals surface area contributed by atoms with Crippen molar-refractivity contribution in [3.63, 3.8) is 0 Å². The van der Waals surface area contributed by atoms with Gasteiger partial charge < -0.3 is 20.1 Å². The number of carboxylic acid groups (broad SMARTS) is 1. The molecule has 0 atom stereocenters. The molecule has 0 saturated carbocycles. The zero-order valence-corrected chi connectivity index (χ0v) is 15.3. The van der Waals surface area contributed by atoms with E-state index in [9.17, 15) is 14.7 Å². The Labute approximate surface area is 158 Å².